The summed E-state index contributed by atoms with van der Waals surface area (Å²) < 4.78 is 5.84. The van der Waals surface area contributed by atoms with Crippen LogP contribution in [0, 0.1) is 0 Å². The van der Waals surface area contributed by atoms with Crippen LogP contribution in [0.1, 0.15) is 0 Å². The first-order chi connectivity index (χ1) is 12.3. The molecule has 0 unspecified atom stereocenters. The maximum Gasteiger partial charge on any atom is 0.239 e. The van der Waals surface area contributed by atoms with Crippen LogP contribution < -0.4 is 10.2 Å². The molecule has 0 atom stereocenters. The number of nitrogens with one attached hydrogen (secondary N) is 1. The van der Waals surface area contributed by atoms with Crippen LogP contribution in [-0.2, 0) is 4.79 Å². The van der Waals surface area contributed by atoms with Crippen LogP contribution in [0.25, 0.3) is 10.1 Å². The zero-order chi connectivity index (χ0) is 17.1. The van der Waals surface area contributed by atoms with Crippen LogP contribution in [-0.4, -0.2) is 52.9 Å². The summed E-state index contributed by atoms with van der Waals surface area (Å²) in [6.07, 6.45) is 1.67. The predicted molar refractivity (Wildman–Crippen MR) is 101 cm³/mol. The average Bonchev–Trinajstić information content (AvgIpc) is 3.07. The van der Waals surface area contributed by atoms with Crippen molar-refractivity contribution in [1.82, 2.24) is 14.3 Å². The predicted octanol–water partition coefficient (Wildman–Crippen LogP) is 2.45. The van der Waals surface area contributed by atoms with Crippen molar-refractivity contribution in [3.8, 4) is 0 Å². The lowest BCUT2D eigenvalue weighted by atomic mass is 10.2. The van der Waals surface area contributed by atoms with Gasteiger partial charge in [0.15, 0.2) is 0 Å². The van der Waals surface area contributed by atoms with Crippen molar-refractivity contribution >= 4 is 39.2 Å². The van der Waals surface area contributed by atoms with Gasteiger partial charge in [0.2, 0.25) is 5.91 Å². The largest absolute Gasteiger partial charge is 0.353 e. The van der Waals surface area contributed by atoms with Gasteiger partial charge in [0, 0.05) is 37.8 Å². The van der Waals surface area contributed by atoms with Gasteiger partial charge in [-0.1, -0.05) is 18.2 Å². The van der Waals surface area contributed by atoms with Gasteiger partial charge in [0.1, 0.15) is 11.6 Å². The van der Waals surface area contributed by atoms with E-state index in [1.165, 1.54) is 10.1 Å². The summed E-state index contributed by atoms with van der Waals surface area (Å²) in [5.41, 5.74) is 0. The minimum absolute atomic E-state index is 0.0220. The van der Waals surface area contributed by atoms with Crippen molar-refractivity contribution < 1.29 is 4.79 Å². The highest BCUT2D eigenvalue weighted by Crippen LogP contribution is 2.29. The first-order valence-electron chi connectivity index (χ1n) is 8.32. The monoisotopic (exact) mass is 353 g/mol. The quantitative estimate of drug-likeness (QED) is 0.781. The Hall–Kier alpha value is -2.51. The zero-order valence-corrected chi connectivity index (χ0v) is 14.6. The third kappa shape index (κ3) is 3.62. The SMILES string of the molecule is O=C(CN1CCN(c2nsc3ccccc23)CC1)Nc1ccccn1. The Morgan fingerprint density at radius 3 is 2.68 bits per heavy atom. The number of anilines is 2. The minimum Gasteiger partial charge on any atom is -0.353 e. The van der Waals surface area contributed by atoms with E-state index in [1.807, 2.05) is 18.2 Å². The lowest BCUT2D eigenvalue weighted by Gasteiger charge is -2.34. The van der Waals surface area contributed by atoms with Crippen molar-refractivity contribution in [2.24, 2.45) is 0 Å². The summed E-state index contributed by atoms with van der Waals surface area (Å²) in [5, 5.41) is 4.05. The van der Waals surface area contributed by atoms with E-state index in [1.54, 1.807) is 23.8 Å². The zero-order valence-electron chi connectivity index (χ0n) is 13.8. The normalized spacial score (nSPS) is 15.4. The highest BCUT2D eigenvalue weighted by atomic mass is 32.1. The molecule has 2 aromatic heterocycles. The van der Waals surface area contributed by atoms with Gasteiger partial charge < -0.3 is 10.2 Å². The van der Waals surface area contributed by atoms with Gasteiger partial charge in [-0.3, -0.25) is 9.69 Å². The van der Waals surface area contributed by atoms with Gasteiger partial charge in [-0.25, -0.2) is 4.98 Å². The lowest BCUT2D eigenvalue weighted by molar-refractivity contribution is -0.117. The van der Waals surface area contributed by atoms with Gasteiger partial charge in [-0.15, -0.1) is 0 Å². The molecule has 1 N–H and O–H groups in total. The fourth-order valence-electron chi connectivity index (χ4n) is 3.04. The molecule has 1 amide bonds. The van der Waals surface area contributed by atoms with E-state index in [4.69, 9.17) is 0 Å². The summed E-state index contributed by atoms with van der Waals surface area (Å²) >= 11 is 1.54. The molecule has 6 nitrogen and oxygen atoms in total. The van der Waals surface area contributed by atoms with Gasteiger partial charge in [-0.05, 0) is 35.8 Å². The number of fused-ring (bicyclic) bond motifs is 1. The second-order valence-corrected chi connectivity index (χ2v) is 6.83. The van der Waals surface area contributed by atoms with Crippen LogP contribution >= 0.6 is 11.5 Å². The first-order valence-corrected chi connectivity index (χ1v) is 9.09. The van der Waals surface area contributed by atoms with E-state index in [0.29, 0.717) is 12.4 Å². The molecular weight excluding hydrogens is 334 g/mol. The number of carbonyl (C=O) groups excluding carboxylic acids is 1. The second-order valence-electron chi connectivity index (χ2n) is 6.03. The first kappa shape index (κ1) is 16.0. The van der Waals surface area contributed by atoms with Crippen molar-refractivity contribution in [2.75, 3.05) is 42.9 Å². The summed E-state index contributed by atoms with van der Waals surface area (Å²) in [7, 11) is 0. The van der Waals surface area contributed by atoms with E-state index < -0.39 is 0 Å². The van der Waals surface area contributed by atoms with Gasteiger partial charge in [0.05, 0.1) is 11.2 Å². The molecule has 1 saturated heterocycles. The van der Waals surface area contributed by atoms with Crippen molar-refractivity contribution in [3.05, 3.63) is 48.7 Å². The molecule has 0 saturated carbocycles. The van der Waals surface area contributed by atoms with Gasteiger partial charge in [-0.2, -0.15) is 4.37 Å². The summed E-state index contributed by atoms with van der Waals surface area (Å²) in [5.74, 6) is 1.64. The number of pyridine rings is 1. The van der Waals surface area contributed by atoms with Crippen LogP contribution in [0.3, 0.4) is 0 Å². The van der Waals surface area contributed by atoms with Gasteiger partial charge in [0.25, 0.3) is 0 Å². The number of rotatable bonds is 4. The highest BCUT2D eigenvalue weighted by Gasteiger charge is 2.22. The second kappa shape index (κ2) is 7.16. The molecular formula is C18H19N5OS. The van der Waals surface area contributed by atoms with Crippen LogP contribution in [0.2, 0.25) is 0 Å². The van der Waals surface area contributed by atoms with E-state index >= 15 is 0 Å². The summed E-state index contributed by atoms with van der Waals surface area (Å²) in [4.78, 5) is 20.8. The maximum atomic E-state index is 12.1. The molecule has 0 spiro atoms. The smallest absolute Gasteiger partial charge is 0.239 e. The number of aromatic nitrogens is 2. The molecule has 4 rings (SSSR count). The number of piperazine rings is 1. The third-order valence-corrected chi connectivity index (χ3v) is 5.15. The van der Waals surface area contributed by atoms with Gasteiger partial charge >= 0.3 is 0 Å². The molecule has 1 aliphatic rings. The van der Waals surface area contributed by atoms with Crippen LogP contribution in [0.4, 0.5) is 11.6 Å². The van der Waals surface area contributed by atoms with Crippen molar-refractivity contribution in [1.29, 1.82) is 0 Å². The standard InChI is InChI=1S/C18H19N5OS/c24-17(20-16-7-3-4-8-19-16)13-22-9-11-23(12-10-22)18-14-5-1-2-6-15(14)25-21-18/h1-8H,9-13H2,(H,19,20,24). The molecule has 0 radical (unpaired) electrons. The van der Waals surface area contributed by atoms with E-state index in [9.17, 15) is 4.79 Å². The Balaban J connectivity index is 1.33. The number of nitrogens with zero attached hydrogens (tertiary/aromatic N) is 4. The number of amides is 1. The molecule has 0 aliphatic carbocycles. The molecule has 3 heterocycles. The Kier molecular flexibility index (Phi) is 4.58. The molecule has 7 heteroatoms. The lowest BCUT2D eigenvalue weighted by Crippen LogP contribution is -2.48. The Morgan fingerprint density at radius 1 is 1.08 bits per heavy atom. The number of carbonyl (C=O) groups is 1. The topological polar surface area (TPSA) is 61.4 Å². The minimum atomic E-state index is -0.0220. The van der Waals surface area contributed by atoms with E-state index in [0.717, 1.165) is 32.0 Å². The van der Waals surface area contributed by atoms with Crippen molar-refractivity contribution in [3.63, 3.8) is 0 Å². The molecule has 1 fully saturated rings. The maximum absolute atomic E-state index is 12.1. The fourth-order valence-corrected chi connectivity index (χ4v) is 3.84. The molecule has 25 heavy (non-hydrogen) atoms. The molecule has 3 aromatic rings. The van der Waals surface area contributed by atoms with E-state index in [-0.39, 0.29) is 5.91 Å². The number of hydrogen-bond acceptors (Lipinski definition) is 6. The summed E-state index contributed by atoms with van der Waals surface area (Å²) in [6.45, 7) is 3.85. The van der Waals surface area contributed by atoms with Crippen LogP contribution in [0.5, 0.6) is 0 Å². The Morgan fingerprint density at radius 2 is 1.88 bits per heavy atom. The number of benzene rings is 1. The molecule has 1 aromatic carbocycles. The third-order valence-electron chi connectivity index (χ3n) is 4.33. The highest BCUT2D eigenvalue weighted by molar-refractivity contribution is 7.13. The molecule has 1 aliphatic heterocycles. The average molecular weight is 353 g/mol. The van der Waals surface area contributed by atoms with E-state index in [2.05, 4.69) is 42.7 Å². The molecule has 128 valence electrons. The Bertz CT molecular complexity index is 858. The molecule has 0 bridgehead atoms. The Labute approximate surface area is 150 Å². The summed E-state index contributed by atoms with van der Waals surface area (Å²) in [6, 6.07) is 13.8. The fraction of sp³-hybridized carbons (Fsp3) is 0.278. The van der Waals surface area contributed by atoms with Crippen molar-refractivity contribution in [2.45, 2.75) is 0 Å². The number of hydrogen-bond donors (Lipinski definition) is 1. The van der Waals surface area contributed by atoms with Crippen LogP contribution in [0.15, 0.2) is 48.7 Å².